The number of rotatable bonds is 6. The summed E-state index contributed by atoms with van der Waals surface area (Å²) < 4.78 is 1.52. The van der Waals surface area contributed by atoms with Crippen molar-refractivity contribution in [3.8, 4) is 0 Å². The summed E-state index contributed by atoms with van der Waals surface area (Å²) in [6, 6.07) is 15.9. The van der Waals surface area contributed by atoms with E-state index in [9.17, 15) is 9.59 Å². The van der Waals surface area contributed by atoms with Crippen LogP contribution in [0.5, 0.6) is 0 Å². The molecule has 0 bridgehead atoms. The maximum Gasteiger partial charge on any atom is 0.258 e. The van der Waals surface area contributed by atoms with Gasteiger partial charge in [0, 0.05) is 23.4 Å². The molecule has 0 fully saturated rings. The zero-order valence-electron chi connectivity index (χ0n) is 15.3. The monoisotopic (exact) mass is 409 g/mol. The number of carbonyl (C=O) groups excluding carboxylic acids is 1. The normalized spacial score (nSPS) is 12.3. The molecule has 0 aliphatic heterocycles. The molecule has 4 aromatic rings. The largest absolute Gasteiger partial charge is 0.349 e. The summed E-state index contributed by atoms with van der Waals surface area (Å²) in [5.74, 6) is 0.824. The average molecular weight is 410 g/mol. The van der Waals surface area contributed by atoms with E-state index in [1.807, 2.05) is 30.5 Å². The second-order valence-corrected chi connectivity index (χ2v) is 8.39. The standard InChI is InChI=1S/C21H19N3O2S2/c1-14(16-7-6-15-4-2-3-5-17(15)10-16)22-19(25)13-27-12-18-11-20(26)24-8-9-28-21(24)23-18/h2-11,14H,12-13H2,1H3,(H,22,25)/t14-/m0/s1. The van der Waals surface area contributed by atoms with Gasteiger partial charge in [0.15, 0.2) is 4.96 Å². The van der Waals surface area contributed by atoms with E-state index in [0.29, 0.717) is 22.2 Å². The van der Waals surface area contributed by atoms with Crippen LogP contribution in [-0.2, 0) is 10.5 Å². The van der Waals surface area contributed by atoms with Gasteiger partial charge in [-0.3, -0.25) is 14.0 Å². The van der Waals surface area contributed by atoms with Gasteiger partial charge in [0.2, 0.25) is 5.91 Å². The number of carbonyl (C=O) groups is 1. The van der Waals surface area contributed by atoms with Gasteiger partial charge in [-0.15, -0.1) is 23.1 Å². The zero-order chi connectivity index (χ0) is 19.5. The Kier molecular flexibility index (Phi) is 5.45. The zero-order valence-corrected chi connectivity index (χ0v) is 16.9. The van der Waals surface area contributed by atoms with E-state index < -0.39 is 0 Å². The Morgan fingerprint density at radius 1 is 1.21 bits per heavy atom. The number of nitrogens with one attached hydrogen (secondary N) is 1. The third-order valence-electron chi connectivity index (χ3n) is 4.49. The van der Waals surface area contributed by atoms with Crippen LogP contribution in [0, 0.1) is 0 Å². The third-order valence-corrected chi connectivity index (χ3v) is 6.21. The van der Waals surface area contributed by atoms with E-state index >= 15 is 0 Å². The molecule has 2 heterocycles. The van der Waals surface area contributed by atoms with Crippen LogP contribution in [0.4, 0.5) is 0 Å². The Balaban J connectivity index is 1.33. The Labute approximate surface area is 170 Å². The summed E-state index contributed by atoms with van der Waals surface area (Å²) in [5.41, 5.74) is 1.69. The second kappa shape index (κ2) is 8.16. The van der Waals surface area contributed by atoms with Crippen LogP contribution in [0.3, 0.4) is 0 Å². The maximum atomic E-state index is 12.3. The van der Waals surface area contributed by atoms with E-state index in [4.69, 9.17) is 0 Å². The summed E-state index contributed by atoms with van der Waals surface area (Å²) in [4.78, 5) is 29.4. The molecule has 0 unspecified atom stereocenters. The van der Waals surface area contributed by atoms with Crippen LogP contribution in [-0.4, -0.2) is 21.0 Å². The number of hydrogen-bond donors (Lipinski definition) is 1. The lowest BCUT2D eigenvalue weighted by molar-refractivity contribution is -0.119. The lowest BCUT2D eigenvalue weighted by Crippen LogP contribution is -2.28. The molecule has 0 saturated carbocycles. The van der Waals surface area contributed by atoms with Gasteiger partial charge in [-0.25, -0.2) is 4.98 Å². The minimum absolute atomic E-state index is 0.0282. The van der Waals surface area contributed by atoms with Crippen molar-refractivity contribution in [3.05, 3.63) is 81.7 Å². The molecule has 142 valence electrons. The molecule has 28 heavy (non-hydrogen) atoms. The van der Waals surface area contributed by atoms with Crippen molar-refractivity contribution in [2.24, 2.45) is 0 Å². The van der Waals surface area contributed by atoms with E-state index in [-0.39, 0.29) is 17.5 Å². The van der Waals surface area contributed by atoms with Crippen LogP contribution in [0.15, 0.2) is 64.9 Å². The topological polar surface area (TPSA) is 63.5 Å². The van der Waals surface area contributed by atoms with Crippen molar-refractivity contribution >= 4 is 44.7 Å². The molecule has 0 spiro atoms. The first-order valence-electron chi connectivity index (χ1n) is 8.92. The Bertz CT molecular complexity index is 1200. The highest BCUT2D eigenvalue weighted by Crippen LogP contribution is 2.20. The molecule has 5 nitrogen and oxygen atoms in total. The summed E-state index contributed by atoms with van der Waals surface area (Å²) in [5, 5.41) is 7.23. The van der Waals surface area contributed by atoms with Crippen molar-refractivity contribution in [3.63, 3.8) is 0 Å². The third kappa shape index (κ3) is 4.10. The molecule has 0 radical (unpaired) electrons. The van der Waals surface area contributed by atoms with Crippen molar-refractivity contribution in [2.45, 2.75) is 18.7 Å². The molecule has 0 aliphatic rings. The quantitative estimate of drug-likeness (QED) is 0.522. The number of benzene rings is 2. The molecule has 1 atom stereocenters. The summed E-state index contributed by atoms with van der Waals surface area (Å²) in [7, 11) is 0. The lowest BCUT2D eigenvalue weighted by Gasteiger charge is -2.15. The highest BCUT2D eigenvalue weighted by atomic mass is 32.2. The molecular weight excluding hydrogens is 390 g/mol. The summed E-state index contributed by atoms with van der Waals surface area (Å²) in [6.07, 6.45) is 1.72. The predicted molar refractivity (Wildman–Crippen MR) is 116 cm³/mol. The van der Waals surface area contributed by atoms with Gasteiger partial charge in [0.05, 0.1) is 17.5 Å². The van der Waals surface area contributed by atoms with Crippen molar-refractivity contribution in [1.29, 1.82) is 0 Å². The fraction of sp³-hybridized carbons (Fsp3) is 0.190. The molecule has 1 N–H and O–H groups in total. The first-order valence-corrected chi connectivity index (χ1v) is 11.0. The number of amides is 1. The van der Waals surface area contributed by atoms with Crippen molar-refractivity contribution < 1.29 is 4.79 Å². The van der Waals surface area contributed by atoms with Crippen LogP contribution in [0.2, 0.25) is 0 Å². The van der Waals surface area contributed by atoms with Crippen LogP contribution < -0.4 is 10.9 Å². The first kappa shape index (κ1) is 18.7. The molecule has 4 rings (SSSR count). The van der Waals surface area contributed by atoms with Crippen molar-refractivity contribution in [1.82, 2.24) is 14.7 Å². The molecule has 2 aromatic carbocycles. The average Bonchev–Trinajstić information content (AvgIpc) is 3.17. The lowest BCUT2D eigenvalue weighted by atomic mass is 10.0. The Morgan fingerprint density at radius 2 is 2.04 bits per heavy atom. The smallest absolute Gasteiger partial charge is 0.258 e. The molecular formula is C21H19N3O2S2. The predicted octanol–water partition coefficient (Wildman–Crippen LogP) is 4.02. The van der Waals surface area contributed by atoms with E-state index in [0.717, 1.165) is 10.9 Å². The Morgan fingerprint density at radius 3 is 2.89 bits per heavy atom. The molecule has 1 amide bonds. The van der Waals surface area contributed by atoms with E-state index in [1.54, 1.807) is 6.20 Å². The Hall–Kier alpha value is -2.64. The number of aromatic nitrogens is 2. The van der Waals surface area contributed by atoms with Crippen LogP contribution in [0.1, 0.15) is 24.2 Å². The van der Waals surface area contributed by atoms with Gasteiger partial charge in [0.1, 0.15) is 0 Å². The summed E-state index contributed by atoms with van der Waals surface area (Å²) in [6.45, 7) is 1.99. The number of thiazole rings is 1. The molecule has 7 heteroatoms. The summed E-state index contributed by atoms with van der Waals surface area (Å²) >= 11 is 2.88. The van der Waals surface area contributed by atoms with Gasteiger partial charge >= 0.3 is 0 Å². The van der Waals surface area contributed by atoms with Gasteiger partial charge in [-0.1, -0.05) is 36.4 Å². The molecule has 0 aliphatic carbocycles. The molecule has 2 aromatic heterocycles. The minimum Gasteiger partial charge on any atom is -0.349 e. The maximum absolute atomic E-state index is 12.3. The number of hydrogen-bond acceptors (Lipinski definition) is 5. The van der Waals surface area contributed by atoms with Crippen molar-refractivity contribution in [2.75, 3.05) is 5.75 Å². The number of thioether (sulfide) groups is 1. The van der Waals surface area contributed by atoms with Crippen LogP contribution in [0.25, 0.3) is 15.7 Å². The van der Waals surface area contributed by atoms with Gasteiger partial charge in [-0.05, 0) is 29.3 Å². The number of fused-ring (bicyclic) bond motifs is 2. The van der Waals surface area contributed by atoms with E-state index in [2.05, 4.69) is 34.6 Å². The first-order chi connectivity index (χ1) is 13.6. The highest BCUT2D eigenvalue weighted by molar-refractivity contribution is 7.99. The van der Waals surface area contributed by atoms with Crippen LogP contribution >= 0.6 is 23.1 Å². The fourth-order valence-electron chi connectivity index (χ4n) is 3.05. The number of nitrogens with zero attached hydrogens (tertiary/aromatic N) is 2. The SMILES string of the molecule is C[C@H](NC(=O)CSCc1cc(=O)n2ccsc2n1)c1ccc2ccccc2c1. The van der Waals surface area contributed by atoms with Gasteiger partial charge < -0.3 is 5.32 Å². The minimum atomic E-state index is -0.0868. The van der Waals surface area contributed by atoms with Gasteiger partial charge in [0.25, 0.3) is 5.56 Å². The highest BCUT2D eigenvalue weighted by Gasteiger charge is 2.11. The van der Waals surface area contributed by atoms with E-state index in [1.165, 1.54) is 39.0 Å². The fourth-order valence-corrected chi connectivity index (χ4v) is 4.52. The molecule has 0 saturated heterocycles. The van der Waals surface area contributed by atoms with Gasteiger partial charge in [-0.2, -0.15) is 0 Å². The second-order valence-electron chi connectivity index (χ2n) is 6.53.